The van der Waals surface area contributed by atoms with Gasteiger partial charge < -0.3 is 16.2 Å². The number of nitrogen functional groups attached to an aromatic ring is 1. The maximum atomic E-state index is 12.0. The van der Waals surface area contributed by atoms with Crippen LogP contribution in [0, 0.1) is 0 Å². The molecule has 0 aliphatic carbocycles. The molecular formula is C14H15N3O2. The summed E-state index contributed by atoms with van der Waals surface area (Å²) in [6, 6.07) is 8.88. The van der Waals surface area contributed by atoms with Gasteiger partial charge in [0, 0.05) is 30.4 Å². The number of aliphatic hydroxyl groups excluding tert-OH is 1. The molecule has 4 N–H and O–H groups in total. The van der Waals surface area contributed by atoms with E-state index in [-0.39, 0.29) is 12.5 Å². The number of benzene rings is 1. The normalized spacial score (nSPS) is 10.2. The van der Waals surface area contributed by atoms with Gasteiger partial charge in [-0.15, -0.1) is 0 Å². The SMILES string of the molecule is Nc1ccncc1C(=O)Nc1ccc(CCO)cc1. The lowest BCUT2D eigenvalue weighted by Crippen LogP contribution is -2.14. The monoisotopic (exact) mass is 257 g/mol. The molecule has 5 nitrogen and oxygen atoms in total. The fourth-order valence-corrected chi connectivity index (χ4v) is 1.68. The number of amides is 1. The summed E-state index contributed by atoms with van der Waals surface area (Å²) in [6.45, 7) is 0.109. The highest BCUT2D eigenvalue weighted by Gasteiger charge is 2.09. The van der Waals surface area contributed by atoms with Gasteiger partial charge in [0.15, 0.2) is 0 Å². The van der Waals surface area contributed by atoms with Crippen LogP contribution in [0.15, 0.2) is 42.7 Å². The minimum atomic E-state index is -0.291. The topological polar surface area (TPSA) is 88.2 Å². The number of hydrogen-bond donors (Lipinski definition) is 3. The summed E-state index contributed by atoms with van der Waals surface area (Å²) in [5, 5.41) is 11.6. The lowest BCUT2D eigenvalue weighted by atomic mass is 10.1. The van der Waals surface area contributed by atoms with Gasteiger partial charge in [0.2, 0.25) is 0 Å². The molecule has 1 heterocycles. The molecule has 0 aliphatic heterocycles. The summed E-state index contributed by atoms with van der Waals surface area (Å²) in [5.74, 6) is -0.291. The molecule has 0 bridgehead atoms. The summed E-state index contributed by atoms with van der Waals surface area (Å²) in [7, 11) is 0. The predicted octanol–water partition coefficient (Wildman–Crippen LogP) is 1.45. The second kappa shape index (κ2) is 5.97. The fraction of sp³-hybridized carbons (Fsp3) is 0.143. The number of carbonyl (C=O) groups is 1. The first-order chi connectivity index (χ1) is 9.20. The third-order valence-corrected chi connectivity index (χ3v) is 2.71. The molecule has 98 valence electrons. The highest BCUT2D eigenvalue weighted by atomic mass is 16.2. The van der Waals surface area contributed by atoms with E-state index in [9.17, 15) is 4.79 Å². The van der Waals surface area contributed by atoms with Crippen LogP contribution in [0.1, 0.15) is 15.9 Å². The Hall–Kier alpha value is -2.40. The van der Waals surface area contributed by atoms with Crippen molar-refractivity contribution < 1.29 is 9.90 Å². The lowest BCUT2D eigenvalue weighted by Gasteiger charge is -2.07. The van der Waals surface area contributed by atoms with E-state index >= 15 is 0 Å². The standard InChI is InChI=1S/C14H15N3O2/c15-13-5-7-16-9-12(13)14(19)17-11-3-1-10(2-4-11)6-8-18/h1-5,7,9,18H,6,8H2,(H2,15,16)(H,17,19). The number of hydrogen-bond acceptors (Lipinski definition) is 4. The first-order valence-electron chi connectivity index (χ1n) is 5.91. The van der Waals surface area contributed by atoms with E-state index in [1.54, 1.807) is 18.2 Å². The zero-order valence-electron chi connectivity index (χ0n) is 10.3. The van der Waals surface area contributed by atoms with E-state index in [2.05, 4.69) is 10.3 Å². The molecule has 2 aromatic rings. The molecule has 0 saturated carbocycles. The largest absolute Gasteiger partial charge is 0.398 e. The summed E-state index contributed by atoms with van der Waals surface area (Å²) < 4.78 is 0. The van der Waals surface area contributed by atoms with Crippen molar-refractivity contribution in [1.82, 2.24) is 4.98 Å². The Morgan fingerprint density at radius 1 is 1.26 bits per heavy atom. The Morgan fingerprint density at radius 2 is 2.00 bits per heavy atom. The van der Waals surface area contributed by atoms with Crippen LogP contribution in [0.2, 0.25) is 0 Å². The molecule has 19 heavy (non-hydrogen) atoms. The number of aliphatic hydroxyl groups is 1. The maximum Gasteiger partial charge on any atom is 0.259 e. The Bertz CT molecular complexity index is 567. The molecule has 0 radical (unpaired) electrons. The number of nitrogens with one attached hydrogen (secondary N) is 1. The van der Waals surface area contributed by atoms with Crippen molar-refractivity contribution >= 4 is 17.3 Å². The molecule has 0 spiro atoms. The molecule has 5 heteroatoms. The Balaban J connectivity index is 2.09. The molecule has 2 rings (SSSR count). The van der Waals surface area contributed by atoms with Gasteiger partial charge in [0.25, 0.3) is 5.91 Å². The number of carbonyl (C=O) groups excluding carboxylic acids is 1. The molecule has 0 aliphatic rings. The molecule has 0 unspecified atom stereocenters. The van der Waals surface area contributed by atoms with Crippen LogP contribution in [0.4, 0.5) is 11.4 Å². The first kappa shape index (κ1) is 13.0. The van der Waals surface area contributed by atoms with Crippen LogP contribution >= 0.6 is 0 Å². The Morgan fingerprint density at radius 3 is 2.63 bits per heavy atom. The third-order valence-electron chi connectivity index (χ3n) is 2.71. The predicted molar refractivity (Wildman–Crippen MR) is 73.8 cm³/mol. The fourth-order valence-electron chi connectivity index (χ4n) is 1.68. The number of pyridine rings is 1. The minimum absolute atomic E-state index is 0.109. The van der Waals surface area contributed by atoms with E-state index < -0.39 is 0 Å². The van der Waals surface area contributed by atoms with Gasteiger partial charge in [-0.2, -0.15) is 0 Å². The quantitative estimate of drug-likeness (QED) is 0.773. The number of nitrogens with two attached hydrogens (primary N) is 1. The smallest absolute Gasteiger partial charge is 0.259 e. The Kier molecular flexibility index (Phi) is 4.10. The second-order valence-electron chi connectivity index (χ2n) is 4.09. The van der Waals surface area contributed by atoms with Crippen LogP contribution in [-0.4, -0.2) is 22.6 Å². The molecule has 0 fully saturated rings. The number of nitrogens with zero attached hydrogens (tertiary/aromatic N) is 1. The van der Waals surface area contributed by atoms with Gasteiger partial charge in [-0.05, 0) is 30.2 Å². The van der Waals surface area contributed by atoms with Crippen molar-refractivity contribution in [2.45, 2.75) is 6.42 Å². The van der Waals surface area contributed by atoms with Crippen LogP contribution in [0.25, 0.3) is 0 Å². The highest BCUT2D eigenvalue weighted by Crippen LogP contribution is 2.14. The van der Waals surface area contributed by atoms with Gasteiger partial charge in [-0.25, -0.2) is 0 Å². The van der Waals surface area contributed by atoms with Crippen molar-refractivity contribution in [3.8, 4) is 0 Å². The summed E-state index contributed by atoms with van der Waals surface area (Å²) in [5.41, 5.74) is 8.14. The van der Waals surface area contributed by atoms with E-state index in [0.717, 1.165) is 5.56 Å². The van der Waals surface area contributed by atoms with Crippen molar-refractivity contribution in [2.24, 2.45) is 0 Å². The third kappa shape index (κ3) is 3.29. The van der Waals surface area contributed by atoms with Gasteiger partial charge in [-0.1, -0.05) is 12.1 Å². The zero-order chi connectivity index (χ0) is 13.7. The molecule has 1 amide bonds. The van der Waals surface area contributed by atoms with Crippen molar-refractivity contribution in [2.75, 3.05) is 17.7 Å². The zero-order valence-corrected chi connectivity index (χ0v) is 10.3. The Labute approximate surface area is 111 Å². The van der Waals surface area contributed by atoms with Crippen molar-refractivity contribution in [1.29, 1.82) is 0 Å². The number of rotatable bonds is 4. The molecular weight excluding hydrogens is 242 g/mol. The number of aromatic nitrogens is 1. The first-order valence-corrected chi connectivity index (χ1v) is 5.91. The van der Waals surface area contributed by atoms with Crippen molar-refractivity contribution in [3.05, 3.63) is 53.9 Å². The molecule has 1 aromatic heterocycles. The molecule has 0 atom stereocenters. The highest BCUT2D eigenvalue weighted by molar-refractivity contribution is 6.07. The molecule has 1 aromatic carbocycles. The summed E-state index contributed by atoms with van der Waals surface area (Å²) >= 11 is 0. The van der Waals surface area contributed by atoms with E-state index in [1.807, 2.05) is 12.1 Å². The van der Waals surface area contributed by atoms with Gasteiger partial charge in [0.05, 0.1) is 5.56 Å². The van der Waals surface area contributed by atoms with Crippen LogP contribution < -0.4 is 11.1 Å². The van der Waals surface area contributed by atoms with Gasteiger partial charge in [-0.3, -0.25) is 9.78 Å². The van der Waals surface area contributed by atoms with E-state index in [1.165, 1.54) is 12.4 Å². The lowest BCUT2D eigenvalue weighted by molar-refractivity contribution is 0.102. The molecule has 0 saturated heterocycles. The van der Waals surface area contributed by atoms with Crippen LogP contribution in [0.5, 0.6) is 0 Å². The van der Waals surface area contributed by atoms with Gasteiger partial charge in [0.1, 0.15) is 0 Å². The van der Waals surface area contributed by atoms with E-state index in [0.29, 0.717) is 23.4 Å². The van der Waals surface area contributed by atoms with E-state index in [4.69, 9.17) is 10.8 Å². The van der Waals surface area contributed by atoms with Gasteiger partial charge >= 0.3 is 0 Å². The second-order valence-corrected chi connectivity index (χ2v) is 4.09. The minimum Gasteiger partial charge on any atom is -0.398 e. The van der Waals surface area contributed by atoms with Crippen molar-refractivity contribution in [3.63, 3.8) is 0 Å². The van der Waals surface area contributed by atoms with Crippen LogP contribution in [-0.2, 0) is 6.42 Å². The average molecular weight is 257 g/mol. The summed E-state index contributed by atoms with van der Waals surface area (Å²) in [4.78, 5) is 15.9. The van der Waals surface area contributed by atoms with Crippen LogP contribution in [0.3, 0.4) is 0 Å². The number of anilines is 2. The maximum absolute atomic E-state index is 12.0. The summed E-state index contributed by atoms with van der Waals surface area (Å²) in [6.07, 6.45) is 3.57. The average Bonchev–Trinajstić information content (AvgIpc) is 2.42.